The van der Waals surface area contributed by atoms with Crippen molar-refractivity contribution in [1.29, 1.82) is 0 Å². The largest absolute Gasteiger partial charge is 0.480 e. The third kappa shape index (κ3) is 4.58. The third-order valence-electron chi connectivity index (χ3n) is 2.16. The summed E-state index contributed by atoms with van der Waals surface area (Å²) in [6.45, 7) is 5.58. The molecule has 1 unspecified atom stereocenters. The molecule has 0 fully saturated rings. The highest BCUT2D eigenvalue weighted by Gasteiger charge is 2.60. The monoisotopic (exact) mass is 286 g/mol. The van der Waals surface area contributed by atoms with Gasteiger partial charge in [-0.3, -0.25) is 5.43 Å². The molecule has 3 N–H and O–H groups in total. The smallest absolute Gasteiger partial charge is 0.422 e. The summed E-state index contributed by atoms with van der Waals surface area (Å²) in [6, 6.07) is 0. The van der Waals surface area contributed by atoms with Crippen LogP contribution in [0.4, 0.5) is 18.0 Å². The number of alkyl halides is 3. The zero-order valence-electron chi connectivity index (χ0n) is 11.0. The highest BCUT2D eigenvalue weighted by atomic mass is 19.4. The number of nitrogens with one attached hydrogen (secondary N) is 2. The van der Waals surface area contributed by atoms with Gasteiger partial charge in [0.15, 0.2) is 0 Å². The van der Waals surface area contributed by atoms with Gasteiger partial charge in [0, 0.05) is 0 Å². The van der Waals surface area contributed by atoms with Crippen LogP contribution in [0.2, 0.25) is 0 Å². The minimum absolute atomic E-state index is 0.804. The zero-order chi connectivity index (χ0) is 15.5. The number of carbonyl (C=O) groups is 2. The third-order valence-corrected chi connectivity index (χ3v) is 2.16. The second-order valence-corrected chi connectivity index (χ2v) is 4.81. The maximum Gasteiger partial charge on any atom is 0.422 e. The van der Waals surface area contributed by atoms with Gasteiger partial charge in [-0.05, 0) is 27.2 Å². The maximum atomic E-state index is 12.8. The predicted molar refractivity (Wildman–Crippen MR) is 59.2 cm³/mol. The molecule has 1 atom stereocenters. The van der Waals surface area contributed by atoms with E-state index < -0.39 is 35.8 Å². The molecule has 0 aliphatic carbocycles. The first-order valence-electron chi connectivity index (χ1n) is 5.42. The number of hydrogen-bond donors (Lipinski definition) is 3. The second-order valence-electron chi connectivity index (χ2n) is 4.81. The molecule has 9 heteroatoms. The van der Waals surface area contributed by atoms with Gasteiger partial charge in [-0.2, -0.15) is 13.2 Å². The van der Waals surface area contributed by atoms with E-state index in [0.717, 1.165) is 6.92 Å². The van der Waals surface area contributed by atoms with Gasteiger partial charge in [0.05, 0.1) is 0 Å². The standard InChI is InChI=1S/C10H17F3N2O4/c1-5-9(6(16)17,10(11,12)13)15-14-7(18)19-8(2,3)4/h15H,5H2,1-4H3,(H,14,18)(H,16,17). The Balaban J connectivity index is 4.89. The zero-order valence-corrected chi connectivity index (χ0v) is 11.0. The van der Waals surface area contributed by atoms with E-state index in [1.165, 1.54) is 26.2 Å². The summed E-state index contributed by atoms with van der Waals surface area (Å²) in [6.07, 6.45) is -7.08. The van der Waals surface area contributed by atoms with Gasteiger partial charge in [0.25, 0.3) is 0 Å². The number of hydrazine groups is 1. The SMILES string of the molecule is CCC(NNC(=O)OC(C)(C)C)(C(=O)O)C(F)(F)F. The predicted octanol–water partition coefficient (Wildman–Crippen LogP) is 1.81. The molecule has 0 aromatic carbocycles. The fraction of sp³-hybridized carbons (Fsp3) is 0.800. The van der Waals surface area contributed by atoms with Crippen LogP contribution in [0.1, 0.15) is 34.1 Å². The van der Waals surface area contributed by atoms with Crippen LogP contribution in [0.3, 0.4) is 0 Å². The lowest BCUT2D eigenvalue weighted by atomic mass is 9.97. The molecule has 112 valence electrons. The Kier molecular flexibility index (Phi) is 5.19. The van der Waals surface area contributed by atoms with Crippen molar-refractivity contribution in [2.45, 2.75) is 51.4 Å². The first kappa shape index (κ1) is 17.5. The molecule has 0 spiro atoms. The number of carbonyl (C=O) groups excluding carboxylic acids is 1. The minimum atomic E-state index is -5.08. The van der Waals surface area contributed by atoms with Crippen molar-refractivity contribution in [3.63, 3.8) is 0 Å². The Hall–Kier alpha value is -1.51. The molecule has 0 rings (SSSR count). The molecule has 0 heterocycles. The molecule has 6 nitrogen and oxygen atoms in total. The van der Waals surface area contributed by atoms with Crippen molar-refractivity contribution in [2.75, 3.05) is 0 Å². The second kappa shape index (κ2) is 5.64. The number of carboxylic acid groups (broad SMARTS) is 1. The summed E-state index contributed by atoms with van der Waals surface area (Å²) in [5.74, 6) is -2.14. The van der Waals surface area contributed by atoms with Crippen molar-refractivity contribution < 1.29 is 32.6 Å². The van der Waals surface area contributed by atoms with Crippen molar-refractivity contribution in [2.24, 2.45) is 0 Å². The van der Waals surface area contributed by atoms with Gasteiger partial charge in [-0.25, -0.2) is 15.0 Å². The van der Waals surface area contributed by atoms with Gasteiger partial charge >= 0.3 is 18.2 Å². The molecule has 0 aromatic heterocycles. The molecule has 0 aromatic rings. The van der Waals surface area contributed by atoms with E-state index in [2.05, 4.69) is 0 Å². The van der Waals surface area contributed by atoms with Crippen LogP contribution >= 0.6 is 0 Å². The fourth-order valence-corrected chi connectivity index (χ4v) is 1.15. The lowest BCUT2D eigenvalue weighted by Crippen LogP contribution is -2.66. The summed E-state index contributed by atoms with van der Waals surface area (Å²) in [7, 11) is 0. The summed E-state index contributed by atoms with van der Waals surface area (Å²) >= 11 is 0. The first-order chi connectivity index (χ1) is 8.35. The van der Waals surface area contributed by atoms with Gasteiger partial charge < -0.3 is 9.84 Å². The average Bonchev–Trinajstić information content (AvgIpc) is 2.13. The van der Waals surface area contributed by atoms with E-state index in [1.54, 1.807) is 5.43 Å². The number of ether oxygens (including phenoxy) is 1. The highest BCUT2D eigenvalue weighted by Crippen LogP contribution is 2.33. The van der Waals surface area contributed by atoms with Crippen molar-refractivity contribution in [3.05, 3.63) is 0 Å². The van der Waals surface area contributed by atoms with E-state index in [0.29, 0.717) is 0 Å². The number of aliphatic carboxylic acids is 1. The quantitative estimate of drug-likeness (QED) is 0.686. The number of carboxylic acids is 1. The normalized spacial score (nSPS) is 15.5. The minimum Gasteiger partial charge on any atom is -0.480 e. The fourth-order valence-electron chi connectivity index (χ4n) is 1.15. The molecule has 0 saturated heterocycles. The van der Waals surface area contributed by atoms with E-state index in [4.69, 9.17) is 9.84 Å². The van der Waals surface area contributed by atoms with Crippen molar-refractivity contribution in [1.82, 2.24) is 10.9 Å². The Labute approximate surface area is 108 Å². The van der Waals surface area contributed by atoms with E-state index >= 15 is 0 Å². The van der Waals surface area contributed by atoms with Crippen LogP contribution in [0.15, 0.2) is 0 Å². The Morgan fingerprint density at radius 2 is 1.68 bits per heavy atom. The summed E-state index contributed by atoms with van der Waals surface area (Å²) < 4.78 is 43.0. The van der Waals surface area contributed by atoms with E-state index in [9.17, 15) is 22.8 Å². The number of amides is 1. The van der Waals surface area contributed by atoms with Gasteiger partial charge in [0.2, 0.25) is 5.54 Å². The highest BCUT2D eigenvalue weighted by molar-refractivity contribution is 5.80. The molecule has 0 bridgehead atoms. The Morgan fingerprint density at radius 3 is 1.95 bits per heavy atom. The van der Waals surface area contributed by atoms with Crippen LogP contribution < -0.4 is 10.9 Å². The summed E-state index contributed by atoms with van der Waals surface area (Å²) in [4.78, 5) is 22.0. The molecular weight excluding hydrogens is 269 g/mol. The van der Waals surface area contributed by atoms with Crippen LogP contribution in [-0.2, 0) is 9.53 Å². The van der Waals surface area contributed by atoms with Crippen LogP contribution in [0.25, 0.3) is 0 Å². The lowest BCUT2D eigenvalue weighted by Gasteiger charge is -2.31. The molecular formula is C10H17F3N2O4. The van der Waals surface area contributed by atoms with Gasteiger partial charge in [-0.15, -0.1) is 0 Å². The van der Waals surface area contributed by atoms with Crippen molar-refractivity contribution in [3.8, 4) is 0 Å². The molecule has 19 heavy (non-hydrogen) atoms. The van der Waals surface area contributed by atoms with Crippen LogP contribution in [0.5, 0.6) is 0 Å². The van der Waals surface area contributed by atoms with Gasteiger partial charge in [-0.1, -0.05) is 6.92 Å². The molecule has 0 aliphatic rings. The lowest BCUT2D eigenvalue weighted by molar-refractivity contribution is -0.212. The summed E-state index contributed by atoms with van der Waals surface area (Å²) in [5.41, 5.74) is -1.07. The number of halogens is 3. The maximum absolute atomic E-state index is 12.8. The molecule has 1 amide bonds. The molecule has 0 aliphatic heterocycles. The molecule has 0 radical (unpaired) electrons. The first-order valence-corrected chi connectivity index (χ1v) is 5.42. The van der Waals surface area contributed by atoms with E-state index in [-0.39, 0.29) is 0 Å². The number of rotatable bonds is 4. The van der Waals surface area contributed by atoms with Crippen LogP contribution in [0, 0.1) is 0 Å². The topological polar surface area (TPSA) is 87.7 Å². The van der Waals surface area contributed by atoms with E-state index in [1.807, 2.05) is 0 Å². The van der Waals surface area contributed by atoms with Crippen LogP contribution in [-0.4, -0.2) is 34.5 Å². The Bertz CT molecular complexity index is 352. The molecule has 0 saturated carbocycles. The summed E-state index contributed by atoms with van der Waals surface area (Å²) in [5, 5.41) is 8.73. The number of hydrogen-bond acceptors (Lipinski definition) is 4. The average molecular weight is 286 g/mol. The Morgan fingerprint density at radius 1 is 1.21 bits per heavy atom. The van der Waals surface area contributed by atoms with Crippen molar-refractivity contribution >= 4 is 12.1 Å². The van der Waals surface area contributed by atoms with Gasteiger partial charge in [0.1, 0.15) is 5.60 Å².